The zero-order valence-electron chi connectivity index (χ0n) is 24.5. The molecular formula is C37H35ClN2O2. The Morgan fingerprint density at radius 2 is 1.55 bits per heavy atom. The predicted octanol–water partition coefficient (Wildman–Crippen LogP) is 9.02. The second-order valence-corrected chi connectivity index (χ2v) is 11.1. The van der Waals surface area contributed by atoms with E-state index in [1.807, 2.05) is 48.5 Å². The van der Waals surface area contributed by atoms with Crippen LogP contribution >= 0.6 is 11.6 Å². The Labute approximate surface area is 252 Å². The predicted molar refractivity (Wildman–Crippen MR) is 174 cm³/mol. The fourth-order valence-corrected chi connectivity index (χ4v) is 6.59. The van der Waals surface area contributed by atoms with Gasteiger partial charge in [-0.25, -0.2) is 4.79 Å². The smallest absolute Gasteiger partial charge is 0.340 e. The van der Waals surface area contributed by atoms with Crippen LogP contribution in [-0.4, -0.2) is 23.6 Å². The first-order chi connectivity index (χ1) is 20.4. The lowest BCUT2D eigenvalue weighted by atomic mass is 9.81. The quantitative estimate of drug-likeness (QED) is 0.173. The van der Waals surface area contributed by atoms with Gasteiger partial charge in [-0.3, -0.25) is 0 Å². The second kappa shape index (κ2) is 11.2. The first-order valence-corrected chi connectivity index (χ1v) is 15.0. The molecule has 0 saturated carbocycles. The van der Waals surface area contributed by atoms with Crippen molar-refractivity contribution in [2.45, 2.75) is 39.8 Å². The number of benzene rings is 4. The SMILES string of the molecule is CCN(CC)c1ccc(C2(/C=C(\c3ccc(Cl)cc3)c3c(C)n(CC)c4ccccc34)OC(=O)c3ccccc32)cc1. The highest BCUT2D eigenvalue weighted by molar-refractivity contribution is 6.30. The van der Waals surface area contributed by atoms with Crippen molar-refractivity contribution in [1.82, 2.24) is 4.57 Å². The van der Waals surface area contributed by atoms with Crippen LogP contribution in [0.2, 0.25) is 5.02 Å². The third-order valence-electron chi connectivity index (χ3n) is 8.54. The summed E-state index contributed by atoms with van der Waals surface area (Å²) in [6.07, 6.45) is 2.15. The maximum atomic E-state index is 13.5. The molecule has 1 unspecified atom stereocenters. The van der Waals surface area contributed by atoms with Crippen LogP contribution in [0.15, 0.2) is 103 Å². The number of esters is 1. The Morgan fingerprint density at radius 1 is 0.881 bits per heavy atom. The number of rotatable bonds is 8. The van der Waals surface area contributed by atoms with E-state index in [2.05, 4.69) is 91.8 Å². The van der Waals surface area contributed by atoms with Crippen molar-refractivity contribution in [2.24, 2.45) is 0 Å². The molecule has 0 saturated heterocycles. The van der Waals surface area contributed by atoms with Crippen molar-refractivity contribution in [2.75, 3.05) is 18.0 Å². The molecule has 0 bridgehead atoms. The van der Waals surface area contributed by atoms with Crippen molar-refractivity contribution >= 4 is 39.7 Å². The van der Waals surface area contributed by atoms with Crippen LogP contribution in [0, 0.1) is 6.92 Å². The maximum Gasteiger partial charge on any atom is 0.340 e. The van der Waals surface area contributed by atoms with Gasteiger partial charge in [0.1, 0.15) is 0 Å². The lowest BCUT2D eigenvalue weighted by molar-refractivity contribution is 0.0276. The first kappa shape index (κ1) is 27.9. The first-order valence-electron chi connectivity index (χ1n) is 14.7. The number of ether oxygens (including phenoxy) is 1. The number of para-hydroxylation sites is 1. The van der Waals surface area contributed by atoms with Gasteiger partial charge in [-0.2, -0.15) is 0 Å². The molecule has 5 aromatic rings. The lowest BCUT2D eigenvalue weighted by Crippen LogP contribution is -2.27. The average molecular weight is 575 g/mol. The summed E-state index contributed by atoms with van der Waals surface area (Å²) in [7, 11) is 0. The second-order valence-electron chi connectivity index (χ2n) is 10.7. The Bertz CT molecular complexity index is 1800. The van der Waals surface area contributed by atoms with E-state index in [-0.39, 0.29) is 5.97 Å². The van der Waals surface area contributed by atoms with Gasteiger partial charge < -0.3 is 14.2 Å². The molecule has 0 spiro atoms. The third kappa shape index (κ3) is 4.51. The van der Waals surface area contributed by atoms with E-state index in [4.69, 9.17) is 16.3 Å². The molecule has 0 N–H and O–H groups in total. The Morgan fingerprint density at radius 3 is 2.24 bits per heavy atom. The van der Waals surface area contributed by atoms with Gasteiger partial charge in [0.05, 0.1) is 5.56 Å². The largest absolute Gasteiger partial charge is 0.441 e. The van der Waals surface area contributed by atoms with Gasteiger partial charge in [-0.1, -0.05) is 72.3 Å². The fourth-order valence-electron chi connectivity index (χ4n) is 6.47. The molecule has 1 aliphatic rings. The number of halogens is 1. The van der Waals surface area contributed by atoms with E-state index in [0.717, 1.165) is 64.2 Å². The number of aromatic nitrogens is 1. The van der Waals surface area contributed by atoms with Gasteiger partial charge in [-0.05, 0) is 81.3 Å². The van der Waals surface area contributed by atoms with Crippen LogP contribution in [0.3, 0.4) is 0 Å². The number of carbonyl (C=O) groups excluding carboxylic acids is 1. The summed E-state index contributed by atoms with van der Waals surface area (Å²) in [6.45, 7) is 11.3. The summed E-state index contributed by atoms with van der Waals surface area (Å²) < 4.78 is 8.82. The van der Waals surface area contributed by atoms with Crippen molar-refractivity contribution in [3.8, 4) is 0 Å². The van der Waals surface area contributed by atoms with Crippen LogP contribution in [0.25, 0.3) is 16.5 Å². The van der Waals surface area contributed by atoms with E-state index in [1.165, 1.54) is 5.52 Å². The summed E-state index contributed by atoms with van der Waals surface area (Å²) in [6, 6.07) is 32.6. The topological polar surface area (TPSA) is 34.5 Å². The number of aryl methyl sites for hydroxylation is 1. The molecule has 5 heteroatoms. The normalized spacial score (nSPS) is 16.5. The minimum Gasteiger partial charge on any atom is -0.441 e. The number of fused-ring (bicyclic) bond motifs is 2. The van der Waals surface area contributed by atoms with Gasteiger partial charge in [0.25, 0.3) is 0 Å². The summed E-state index contributed by atoms with van der Waals surface area (Å²) in [5.41, 5.74) is 7.80. The number of cyclic esters (lactones) is 1. The van der Waals surface area contributed by atoms with Crippen molar-refractivity contribution in [3.05, 3.63) is 142 Å². The molecule has 1 atom stereocenters. The van der Waals surface area contributed by atoms with E-state index in [9.17, 15) is 4.79 Å². The van der Waals surface area contributed by atoms with Crippen molar-refractivity contribution in [3.63, 3.8) is 0 Å². The lowest BCUT2D eigenvalue weighted by Gasteiger charge is -2.29. The van der Waals surface area contributed by atoms with Crippen LogP contribution in [0.5, 0.6) is 0 Å². The van der Waals surface area contributed by atoms with Crippen LogP contribution in [-0.2, 0) is 16.9 Å². The summed E-state index contributed by atoms with van der Waals surface area (Å²) in [5.74, 6) is -0.321. The molecule has 2 heterocycles. The molecule has 6 rings (SSSR count). The highest BCUT2D eigenvalue weighted by Crippen LogP contribution is 2.47. The number of carbonyl (C=O) groups is 1. The van der Waals surface area contributed by atoms with Gasteiger partial charge in [0.15, 0.2) is 5.60 Å². The molecule has 4 nitrogen and oxygen atoms in total. The van der Waals surface area contributed by atoms with Crippen LogP contribution < -0.4 is 4.90 Å². The van der Waals surface area contributed by atoms with E-state index < -0.39 is 5.60 Å². The molecule has 42 heavy (non-hydrogen) atoms. The molecule has 1 aromatic heterocycles. The molecule has 0 radical (unpaired) electrons. The van der Waals surface area contributed by atoms with Crippen LogP contribution in [0.1, 0.15) is 59.1 Å². The number of nitrogens with zero attached hydrogens (tertiary/aromatic N) is 2. The Hall–Kier alpha value is -4.28. The van der Waals surface area contributed by atoms with Crippen molar-refractivity contribution < 1.29 is 9.53 Å². The van der Waals surface area contributed by atoms with E-state index >= 15 is 0 Å². The fraction of sp³-hybridized carbons (Fsp3) is 0.216. The number of hydrogen-bond donors (Lipinski definition) is 0. The Balaban J connectivity index is 1.68. The summed E-state index contributed by atoms with van der Waals surface area (Å²) >= 11 is 6.36. The monoisotopic (exact) mass is 574 g/mol. The summed E-state index contributed by atoms with van der Waals surface area (Å²) in [5, 5.41) is 1.83. The number of hydrogen-bond acceptors (Lipinski definition) is 3. The maximum absolute atomic E-state index is 13.5. The molecule has 4 aromatic carbocycles. The van der Waals surface area contributed by atoms with Gasteiger partial charge in [0, 0.05) is 63.6 Å². The zero-order valence-corrected chi connectivity index (χ0v) is 25.3. The summed E-state index contributed by atoms with van der Waals surface area (Å²) in [4.78, 5) is 15.8. The molecular weight excluding hydrogens is 540 g/mol. The van der Waals surface area contributed by atoms with Crippen LogP contribution in [0.4, 0.5) is 5.69 Å². The van der Waals surface area contributed by atoms with Gasteiger partial charge >= 0.3 is 5.97 Å². The van der Waals surface area contributed by atoms with Gasteiger partial charge in [-0.15, -0.1) is 0 Å². The Kier molecular flexibility index (Phi) is 7.42. The standard InChI is InChI=1S/C37H35ClN2O2/c1-5-39(6-2)29-22-18-27(19-23-29)37(33-14-10-8-12-30(33)36(41)42-37)24-32(26-16-20-28(38)21-17-26)35-25(4)40(7-3)34-15-11-9-13-31(34)35/h8-24H,5-7H2,1-4H3/b32-24+. The average Bonchev–Trinajstić information content (AvgIpc) is 3.47. The molecule has 1 aliphatic heterocycles. The van der Waals surface area contributed by atoms with Crippen molar-refractivity contribution in [1.29, 1.82) is 0 Å². The molecule has 212 valence electrons. The highest BCUT2D eigenvalue weighted by atomic mass is 35.5. The molecule has 0 fully saturated rings. The molecule has 0 aliphatic carbocycles. The number of anilines is 1. The van der Waals surface area contributed by atoms with E-state index in [1.54, 1.807) is 0 Å². The van der Waals surface area contributed by atoms with Gasteiger partial charge in [0.2, 0.25) is 0 Å². The molecule has 0 amide bonds. The minimum atomic E-state index is -1.12. The van der Waals surface area contributed by atoms with E-state index in [0.29, 0.717) is 10.6 Å². The minimum absolute atomic E-state index is 0.321. The highest BCUT2D eigenvalue weighted by Gasteiger charge is 2.46. The zero-order chi connectivity index (χ0) is 29.4. The third-order valence-corrected chi connectivity index (χ3v) is 8.80.